The van der Waals surface area contributed by atoms with Crippen LogP contribution in [-0.4, -0.2) is 9.04 Å². The van der Waals surface area contributed by atoms with E-state index in [4.69, 9.17) is 4.43 Å². The van der Waals surface area contributed by atoms with Crippen molar-refractivity contribution in [3.05, 3.63) is 47.5 Å². The molecular weight excluding hydrogens is 304 g/mol. The van der Waals surface area contributed by atoms with Crippen molar-refractivity contribution in [2.45, 2.75) is 45.9 Å². The predicted octanol–water partition coefficient (Wildman–Crippen LogP) is 5.90. The molecule has 3 aromatic rings. The van der Waals surface area contributed by atoms with Gasteiger partial charge < -0.3 is 4.43 Å². The first-order chi connectivity index (χ1) is 10.7. The molecule has 0 fully saturated rings. The fraction of sp³-hybridized carbons (Fsp3) is 0.368. The number of hydrogen-bond acceptors (Lipinski definition) is 2. The Hall–Kier alpha value is -1.16. The van der Waals surface area contributed by atoms with Gasteiger partial charge in [-0.2, -0.15) is 0 Å². The van der Waals surface area contributed by atoms with Crippen LogP contribution in [0, 0.1) is 0 Å². The van der Waals surface area contributed by atoms with Crippen molar-refractivity contribution >= 4 is 40.5 Å². The number of benzene rings is 2. The van der Waals surface area contributed by atoms with Crippen molar-refractivity contribution in [1.82, 2.24) is 0 Å². The van der Waals surface area contributed by atoms with E-state index in [9.17, 15) is 0 Å². The first kappa shape index (κ1) is 15.7. The second-order valence-corrected chi connectivity index (χ2v) is 9.65. The summed E-state index contributed by atoms with van der Waals surface area (Å²) in [5.74, 6) is 0. The van der Waals surface area contributed by atoms with Crippen LogP contribution >= 0.6 is 11.3 Å². The van der Waals surface area contributed by atoms with Crippen LogP contribution < -0.4 is 0 Å². The van der Waals surface area contributed by atoms with E-state index in [1.165, 1.54) is 44.1 Å². The van der Waals surface area contributed by atoms with E-state index in [-0.39, 0.29) is 0 Å². The molecule has 116 valence electrons. The Morgan fingerprint density at radius 2 is 1.86 bits per heavy atom. The number of hydrogen-bond donors (Lipinski definition) is 0. The Bertz CT molecular complexity index is 776. The van der Waals surface area contributed by atoms with E-state index in [1.54, 1.807) is 0 Å². The van der Waals surface area contributed by atoms with Crippen LogP contribution in [0.15, 0.2) is 36.4 Å². The lowest BCUT2D eigenvalue weighted by molar-refractivity contribution is 0.315. The lowest BCUT2D eigenvalue weighted by atomic mass is 9.97. The van der Waals surface area contributed by atoms with Gasteiger partial charge in [0, 0.05) is 20.2 Å². The minimum Gasteiger partial charge on any atom is -0.416 e. The summed E-state index contributed by atoms with van der Waals surface area (Å²) in [7, 11) is -1.01. The van der Waals surface area contributed by atoms with Gasteiger partial charge in [-0.15, -0.1) is 11.3 Å². The molecule has 0 aliphatic rings. The number of thiophene rings is 1. The third-order valence-electron chi connectivity index (χ3n) is 4.11. The fourth-order valence-corrected chi connectivity index (χ4v) is 4.58. The van der Waals surface area contributed by atoms with E-state index < -0.39 is 9.04 Å². The van der Waals surface area contributed by atoms with Crippen molar-refractivity contribution in [3.63, 3.8) is 0 Å². The first-order valence-electron chi connectivity index (χ1n) is 8.24. The third kappa shape index (κ3) is 3.12. The topological polar surface area (TPSA) is 9.23 Å². The maximum atomic E-state index is 6.12. The molecule has 0 spiro atoms. The van der Waals surface area contributed by atoms with Crippen LogP contribution in [0.5, 0.6) is 0 Å². The van der Waals surface area contributed by atoms with E-state index in [2.05, 4.69) is 56.4 Å². The molecule has 0 aliphatic heterocycles. The number of fused-ring (bicyclic) bond motifs is 3. The molecule has 3 heteroatoms. The summed E-state index contributed by atoms with van der Waals surface area (Å²) in [5.41, 5.74) is 2.91. The highest BCUT2D eigenvalue weighted by Crippen LogP contribution is 2.37. The summed E-state index contributed by atoms with van der Waals surface area (Å²) in [4.78, 5) is 0. The van der Waals surface area contributed by atoms with E-state index in [0.717, 1.165) is 13.0 Å². The summed E-state index contributed by atoms with van der Waals surface area (Å²) in [6.45, 7) is 7.53. The summed E-state index contributed by atoms with van der Waals surface area (Å²) >= 11 is 1.90. The molecule has 2 aromatic carbocycles. The number of aryl methyl sites for hydroxylation is 1. The molecule has 0 amide bonds. The summed E-state index contributed by atoms with van der Waals surface area (Å²) in [6.07, 6.45) is 3.65. The minimum absolute atomic E-state index is 0.779. The second-order valence-electron chi connectivity index (χ2n) is 6.14. The van der Waals surface area contributed by atoms with Gasteiger partial charge in [-0.25, -0.2) is 0 Å². The maximum Gasteiger partial charge on any atom is 0.171 e. The molecule has 0 aliphatic carbocycles. The van der Waals surface area contributed by atoms with Crippen LogP contribution in [0.4, 0.5) is 0 Å². The van der Waals surface area contributed by atoms with Crippen molar-refractivity contribution in [1.29, 1.82) is 0 Å². The van der Waals surface area contributed by atoms with Crippen LogP contribution in [-0.2, 0) is 17.5 Å². The van der Waals surface area contributed by atoms with Gasteiger partial charge in [0.1, 0.15) is 0 Å². The average Bonchev–Trinajstić information content (AvgIpc) is 2.89. The SMILES string of the molecule is CCCCc1ccc2sc3ccccc3c2c1CO[SiH](C)C. The Labute approximate surface area is 138 Å². The van der Waals surface area contributed by atoms with E-state index >= 15 is 0 Å². The maximum absolute atomic E-state index is 6.12. The average molecular weight is 329 g/mol. The monoisotopic (exact) mass is 328 g/mol. The summed E-state index contributed by atoms with van der Waals surface area (Å²) in [6, 6.07) is 13.4. The molecule has 1 aromatic heterocycles. The molecule has 0 N–H and O–H groups in total. The summed E-state index contributed by atoms with van der Waals surface area (Å²) < 4.78 is 8.89. The smallest absolute Gasteiger partial charge is 0.171 e. The molecule has 1 heterocycles. The molecule has 0 atom stereocenters. The van der Waals surface area contributed by atoms with Crippen LogP contribution in [0.1, 0.15) is 30.9 Å². The minimum atomic E-state index is -1.01. The zero-order valence-electron chi connectivity index (χ0n) is 13.7. The highest BCUT2D eigenvalue weighted by molar-refractivity contribution is 7.25. The van der Waals surface area contributed by atoms with E-state index in [0.29, 0.717) is 0 Å². The standard InChI is InChI=1S/C19H24OSSi/c1-4-5-8-14-11-12-18-19(16(14)13-20-22(2)3)15-9-6-7-10-17(15)21-18/h6-7,9-12,22H,4-5,8,13H2,1-3H3. The van der Waals surface area contributed by atoms with Crippen LogP contribution in [0.2, 0.25) is 13.1 Å². The molecular formula is C19H24OSSi. The van der Waals surface area contributed by atoms with Gasteiger partial charge in [-0.05, 0) is 49.2 Å². The largest absolute Gasteiger partial charge is 0.416 e. The van der Waals surface area contributed by atoms with Crippen molar-refractivity contribution in [2.24, 2.45) is 0 Å². The zero-order chi connectivity index (χ0) is 15.5. The highest BCUT2D eigenvalue weighted by atomic mass is 32.1. The molecule has 1 nitrogen and oxygen atoms in total. The molecule has 0 bridgehead atoms. The van der Waals surface area contributed by atoms with Gasteiger partial charge >= 0.3 is 0 Å². The van der Waals surface area contributed by atoms with Gasteiger partial charge in [0.15, 0.2) is 9.04 Å². The van der Waals surface area contributed by atoms with Gasteiger partial charge in [0.2, 0.25) is 0 Å². The van der Waals surface area contributed by atoms with Crippen molar-refractivity contribution < 1.29 is 4.43 Å². The molecule has 22 heavy (non-hydrogen) atoms. The first-order valence-corrected chi connectivity index (χ1v) is 11.8. The molecule has 0 radical (unpaired) electrons. The van der Waals surface area contributed by atoms with E-state index in [1.807, 2.05) is 11.3 Å². The molecule has 0 saturated heterocycles. The van der Waals surface area contributed by atoms with Crippen molar-refractivity contribution in [2.75, 3.05) is 0 Å². The van der Waals surface area contributed by atoms with Crippen molar-refractivity contribution in [3.8, 4) is 0 Å². The van der Waals surface area contributed by atoms with Crippen LogP contribution in [0.25, 0.3) is 20.2 Å². The Morgan fingerprint density at radius 3 is 2.64 bits per heavy atom. The number of rotatable bonds is 6. The van der Waals surface area contributed by atoms with Crippen LogP contribution in [0.3, 0.4) is 0 Å². The van der Waals surface area contributed by atoms with Gasteiger partial charge in [-0.3, -0.25) is 0 Å². The fourth-order valence-electron chi connectivity index (χ4n) is 2.95. The summed E-state index contributed by atoms with van der Waals surface area (Å²) in [5, 5.41) is 2.83. The lowest BCUT2D eigenvalue weighted by Crippen LogP contribution is -2.09. The van der Waals surface area contributed by atoms with Gasteiger partial charge in [-0.1, -0.05) is 37.6 Å². The molecule has 0 saturated carbocycles. The lowest BCUT2D eigenvalue weighted by Gasteiger charge is -2.14. The molecule has 3 rings (SSSR count). The normalized spacial score (nSPS) is 11.8. The number of unbranched alkanes of at least 4 members (excludes halogenated alkanes) is 1. The third-order valence-corrected chi connectivity index (χ3v) is 6.08. The predicted molar refractivity (Wildman–Crippen MR) is 102 cm³/mol. The Balaban J connectivity index is 2.17. The zero-order valence-corrected chi connectivity index (χ0v) is 15.7. The van der Waals surface area contributed by atoms with Gasteiger partial charge in [0.25, 0.3) is 0 Å². The molecule has 0 unspecified atom stereocenters. The quantitative estimate of drug-likeness (QED) is 0.512. The second kappa shape index (κ2) is 6.94. The highest BCUT2D eigenvalue weighted by Gasteiger charge is 2.13. The Kier molecular flexibility index (Phi) is 4.96. The Morgan fingerprint density at radius 1 is 1.05 bits per heavy atom. The van der Waals surface area contributed by atoms with Gasteiger partial charge in [0.05, 0.1) is 6.61 Å².